The molecule has 3 nitrogen and oxygen atoms in total. The lowest BCUT2D eigenvalue weighted by Crippen LogP contribution is -1.94. The normalized spacial score (nSPS) is 11.3. The van der Waals surface area contributed by atoms with Crippen LogP contribution in [-0.2, 0) is 0 Å². The molecule has 24 heavy (non-hydrogen) atoms. The number of aromatic nitrogens is 2. The molecule has 4 heteroatoms. The third kappa shape index (κ3) is 2.68. The molecule has 0 bridgehead atoms. The molecule has 2 heterocycles. The first-order valence-electron chi connectivity index (χ1n) is 7.61. The molecule has 0 unspecified atom stereocenters. The maximum Gasteiger partial charge on any atom is 0.194 e. The summed E-state index contributed by atoms with van der Waals surface area (Å²) in [6, 6.07) is 19.3. The molecule has 0 saturated carbocycles. The molecule has 0 fully saturated rings. The Kier molecular flexibility index (Phi) is 3.81. The van der Waals surface area contributed by atoms with Crippen molar-refractivity contribution in [1.29, 1.82) is 0 Å². The predicted molar refractivity (Wildman–Crippen MR) is 98.3 cm³/mol. The van der Waals surface area contributed by atoms with Crippen LogP contribution in [0, 0.1) is 0 Å². The number of thiazole rings is 1. The number of nitrogens with zero attached hydrogens (tertiary/aromatic N) is 2. The van der Waals surface area contributed by atoms with Crippen molar-refractivity contribution in [3.8, 4) is 11.3 Å². The third-order valence-electron chi connectivity index (χ3n) is 3.80. The van der Waals surface area contributed by atoms with Crippen molar-refractivity contribution in [1.82, 2.24) is 9.38 Å². The van der Waals surface area contributed by atoms with Gasteiger partial charge in [0.1, 0.15) is 0 Å². The SMILES string of the molecule is O=C(/C=C/c1c(-c2ccccc2)nc2sccn12)c1ccccc1. The second kappa shape index (κ2) is 6.26. The van der Waals surface area contributed by atoms with Crippen molar-refractivity contribution in [3.05, 3.63) is 89.6 Å². The largest absolute Gasteiger partial charge is 0.290 e. The molecule has 0 N–H and O–H groups in total. The number of carbonyl (C=O) groups excluding carboxylic acids is 1. The highest BCUT2D eigenvalue weighted by atomic mass is 32.1. The molecule has 2 aromatic carbocycles. The van der Waals surface area contributed by atoms with Crippen LogP contribution >= 0.6 is 11.3 Å². The Morgan fingerprint density at radius 3 is 2.46 bits per heavy atom. The maximum absolute atomic E-state index is 12.3. The van der Waals surface area contributed by atoms with Crippen LogP contribution < -0.4 is 0 Å². The molecule has 4 rings (SSSR count). The molecule has 0 amide bonds. The molecule has 0 radical (unpaired) electrons. The van der Waals surface area contributed by atoms with Gasteiger partial charge in [0, 0.05) is 22.7 Å². The fraction of sp³-hybridized carbons (Fsp3) is 0. The number of rotatable bonds is 4. The average Bonchev–Trinajstić information content (AvgIpc) is 3.22. The number of fused-ring (bicyclic) bond motifs is 1. The summed E-state index contributed by atoms with van der Waals surface area (Å²) in [5.74, 6) is -0.0141. The molecule has 0 aliphatic heterocycles. The van der Waals surface area contributed by atoms with E-state index in [1.54, 1.807) is 17.4 Å². The Labute approximate surface area is 143 Å². The molecule has 0 aliphatic rings. The number of benzene rings is 2. The van der Waals surface area contributed by atoms with Gasteiger partial charge in [-0.15, -0.1) is 11.3 Å². The Hall–Kier alpha value is -2.98. The highest BCUT2D eigenvalue weighted by Crippen LogP contribution is 2.27. The first-order valence-corrected chi connectivity index (χ1v) is 8.49. The topological polar surface area (TPSA) is 34.4 Å². The van der Waals surface area contributed by atoms with Crippen LogP contribution in [0.2, 0.25) is 0 Å². The van der Waals surface area contributed by atoms with Gasteiger partial charge in [0.05, 0.1) is 11.4 Å². The van der Waals surface area contributed by atoms with Crippen LogP contribution in [0.1, 0.15) is 16.1 Å². The van der Waals surface area contributed by atoms with Crippen molar-refractivity contribution >= 4 is 28.2 Å². The molecule has 0 atom stereocenters. The smallest absolute Gasteiger partial charge is 0.194 e. The maximum atomic E-state index is 12.3. The van der Waals surface area contributed by atoms with Crippen LogP contribution in [0.25, 0.3) is 22.3 Å². The van der Waals surface area contributed by atoms with Crippen molar-refractivity contribution in [2.45, 2.75) is 0 Å². The van der Waals surface area contributed by atoms with Crippen LogP contribution in [0.15, 0.2) is 78.3 Å². The number of carbonyl (C=O) groups is 1. The van der Waals surface area contributed by atoms with Gasteiger partial charge in [-0.1, -0.05) is 60.7 Å². The van der Waals surface area contributed by atoms with Gasteiger partial charge < -0.3 is 0 Å². The summed E-state index contributed by atoms with van der Waals surface area (Å²) in [4.78, 5) is 18.0. The van der Waals surface area contributed by atoms with E-state index in [1.165, 1.54) is 0 Å². The number of ketones is 1. The minimum Gasteiger partial charge on any atom is -0.290 e. The van der Waals surface area contributed by atoms with Crippen molar-refractivity contribution in [3.63, 3.8) is 0 Å². The minimum atomic E-state index is -0.0141. The first kappa shape index (κ1) is 14.6. The highest BCUT2D eigenvalue weighted by molar-refractivity contribution is 7.15. The Morgan fingerprint density at radius 1 is 1.00 bits per heavy atom. The van der Waals surface area contributed by atoms with Gasteiger partial charge >= 0.3 is 0 Å². The molecule has 116 valence electrons. The summed E-state index contributed by atoms with van der Waals surface area (Å²) in [7, 11) is 0. The summed E-state index contributed by atoms with van der Waals surface area (Å²) >= 11 is 1.58. The number of imidazole rings is 1. The van der Waals surface area contributed by atoms with Gasteiger partial charge in [0.25, 0.3) is 0 Å². The lowest BCUT2D eigenvalue weighted by molar-refractivity contribution is 0.104. The predicted octanol–water partition coefficient (Wildman–Crippen LogP) is 4.96. The lowest BCUT2D eigenvalue weighted by atomic mass is 10.1. The van der Waals surface area contributed by atoms with Crippen molar-refractivity contribution in [2.24, 2.45) is 0 Å². The van der Waals surface area contributed by atoms with Crippen molar-refractivity contribution in [2.75, 3.05) is 0 Å². The van der Waals surface area contributed by atoms with E-state index < -0.39 is 0 Å². The number of allylic oxidation sites excluding steroid dienone is 1. The van der Waals surface area contributed by atoms with Crippen LogP contribution in [-0.4, -0.2) is 15.2 Å². The second-order valence-electron chi connectivity index (χ2n) is 5.33. The fourth-order valence-electron chi connectivity index (χ4n) is 2.62. The standard InChI is InChI=1S/C20H14N2OS/c23-18(15-7-3-1-4-8-15)12-11-17-19(16-9-5-2-6-10-16)21-20-22(17)13-14-24-20/h1-14H/b12-11+. The van der Waals surface area contributed by atoms with E-state index in [9.17, 15) is 4.79 Å². The molecule has 0 saturated heterocycles. The van der Waals surface area contributed by atoms with E-state index in [1.807, 2.05) is 82.7 Å². The van der Waals surface area contributed by atoms with E-state index in [-0.39, 0.29) is 5.78 Å². The van der Waals surface area contributed by atoms with E-state index >= 15 is 0 Å². The van der Waals surface area contributed by atoms with Crippen LogP contribution in [0.4, 0.5) is 0 Å². The lowest BCUT2D eigenvalue weighted by Gasteiger charge is -2.00. The number of hydrogen-bond acceptors (Lipinski definition) is 3. The molecule has 2 aromatic heterocycles. The Balaban J connectivity index is 1.77. The van der Waals surface area contributed by atoms with E-state index in [4.69, 9.17) is 4.98 Å². The molecule has 0 spiro atoms. The van der Waals surface area contributed by atoms with Crippen LogP contribution in [0.5, 0.6) is 0 Å². The third-order valence-corrected chi connectivity index (χ3v) is 4.55. The van der Waals surface area contributed by atoms with E-state index in [0.717, 1.165) is 21.9 Å². The van der Waals surface area contributed by atoms with Gasteiger partial charge in [0.2, 0.25) is 0 Å². The summed E-state index contributed by atoms with van der Waals surface area (Å²) in [5.41, 5.74) is 3.53. The van der Waals surface area contributed by atoms with Crippen LogP contribution in [0.3, 0.4) is 0 Å². The van der Waals surface area contributed by atoms with E-state index in [2.05, 4.69) is 0 Å². The summed E-state index contributed by atoms with van der Waals surface area (Å²) in [5, 5.41) is 1.99. The fourth-order valence-corrected chi connectivity index (χ4v) is 3.35. The quantitative estimate of drug-likeness (QED) is 0.391. The minimum absolute atomic E-state index is 0.0141. The Morgan fingerprint density at radius 2 is 1.71 bits per heavy atom. The zero-order valence-electron chi connectivity index (χ0n) is 12.8. The average molecular weight is 330 g/mol. The zero-order valence-corrected chi connectivity index (χ0v) is 13.6. The van der Waals surface area contributed by atoms with Gasteiger partial charge in [0.15, 0.2) is 10.7 Å². The molecule has 4 aromatic rings. The molecular formula is C20H14N2OS. The van der Waals surface area contributed by atoms with Gasteiger partial charge in [-0.05, 0) is 12.2 Å². The summed E-state index contributed by atoms with van der Waals surface area (Å²) in [6.07, 6.45) is 5.44. The van der Waals surface area contributed by atoms with Crippen molar-refractivity contribution < 1.29 is 4.79 Å². The summed E-state index contributed by atoms with van der Waals surface area (Å²) in [6.45, 7) is 0. The van der Waals surface area contributed by atoms with Gasteiger partial charge in [-0.3, -0.25) is 9.20 Å². The first-order chi connectivity index (χ1) is 11.8. The molecule has 0 aliphatic carbocycles. The highest BCUT2D eigenvalue weighted by Gasteiger charge is 2.13. The van der Waals surface area contributed by atoms with Gasteiger partial charge in [-0.2, -0.15) is 0 Å². The van der Waals surface area contributed by atoms with E-state index in [0.29, 0.717) is 5.56 Å². The Bertz CT molecular complexity index is 1010. The van der Waals surface area contributed by atoms with Gasteiger partial charge in [-0.25, -0.2) is 4.98 Å². The summed E-state index contributed by atoms with van der Waals surface area (Å²) < 4.78 is 2.02. The number of hydrogen-bond donors (Lipinski definition) is 0. The monoisotopic (exact) mass is 330 g/mol. The molecular weight excluding hydrogens is 316 g/mol. The zero-order chi connectivity index (χ0) is 16.4. The second-order valence-corrected chi connectivity index (χ2v) is 6.20.